The summed E-state index contributed by atoms with van der Waals surface area (Å²) in [5.74, 6) is 0. The van der Waals surface area contributed by atoms with Gasteiger partial charge in [-0.1, -0.05) is 23.7 Å². The van der Waals surface area contributed by atoms with Gasteiger partial charge in [0.25, 0.3) is 0 Å². The first-order valence-electron chi connectivity index (χ1n) is 4.45. The van der Waals surface area contributed by atoms with Crippen LogP contribution in [0.2, 0.25) is 5.02 Å². The summed E-state index contributed by atoms with van der Waals surface area (Å²) >= 11 is 5.97. The fourth-order valence-electron chi connectivity index (χ4n) is 1.29. The van der Waals surface area contributed by atoms with Gasteiger partial charge >= 0.3 is 0 Å². The van der Waals surface area contributed by atoms with Gasteiger partial charge in [-0.25, -0.2) is 0 Å². The maximum Gasteiger partial charge on any atom is 0.110 e. The molecular weight excluding hydrogens is 200 g/mol. The number of ether oxygens (including phenoxy) is 1. The SMILES string of the molecule is COCC(C)(O)c1ccc(C)c(Cl)c1. The average Bonchev–Trinajstić information content (AvgIpc) is 2.09. The molecule has 1 atom stereocenters. The normalized spacial score (nSPS) is 15.2. The van der Waals surface area contributed by atoms with Gasteiger partial charge in [0, 0.05) is 12.1 Å². The molecule has 1 aromatic rings. The summed E-state index contributed by atoms with van der Waals surface area (Å²) in [5, 5.41) is 10.7. The Morgan fingerprint density at radius 3 is 2.64 bits per heavy atom. The quantitative estimate of drug-likeness (QED) is 0.838. The van der Waals surface area contributed by atoms with Crippen LogP contribution in [0.15, 0.2) is 18.2 Å². The van der Waals surface area contributed by atoms with E-state index in [-0.39, 0.29) is 6.61 Å². The first kappa shape index (κ1) is 11.5. The van der Waals surface area contributed by atoms with Crippen LogP contribution in [0.25, 0.3) is 0 Å². The highest BCUT2D eigenvalue weighted by molar-refractivity contribution is 6.31. The second-order valence-corrected chi connectivity index (χ2v) is 4.08. The van der Waals surface area contributed by atoms with E-state index < -0.39 is 5.60 Å². The number of halogens is 1. The van der Waals surface area contributed by atoms with Crippen LogP contribution in [0.1, 0.15) is 18.1 Å². The van der Waals surface area contributed by atoms with Crippen molar-refractivity contribution in [1.29, 1.82) is 0 Å². The molecule has 78 valence electrons. The zero-order valence-corrected chi connectivity index (χ0v) is 9.43. The number of rotatable bonds is 3. The minimum absolute atomic E-state index is 0.256. The summed E-state index contributed by atoms with van der Waals surface area (Å²) < 4.78 is 4.94. The van der Waals surface area contributed by atoms with Crippen LogP contribution in [0, 0.1) is 6.92 Å². The molecule has 3 heteroatoms. The van der Waals surface area contributed by atoms with Gasteiger partial charge in [-0.15, -0.1) is 0 Å². The lowest BCUT2D eigenvalue weighted by molar-refractivity contribution is -0.0208. The lowest BCUT2D eigenvalue weighted by Gasteiger charge is -2.23. The first-order valence-corrected chi connectivity index (χ1v) is 4.83. The van der Waals surface area contributed by atoms with E-state index in [4.69, 9.17) is 16.3 Å². The first-order chi connectivity index (χ1) is 6.47. The van der Waals surface area contributed by atoms with Crippen molar-refractivity contribution in [2.75, 3.05) is 13.7 Å². The zero-order valence-electron chi connectivity index (χ0n) is 8.67. The number of aryl methyl sites for hydroxylation is 1. The smallest absolute Gasteiger partial charge is 0.110 e. The van der Waals surface area contributed by atoms with Crippen LogP contribution in [0.3, 0.4) is 0 Å². The van der Waals surface area contributed by atoms with E-state index in [0.29, 0.717) is 5.02 Å². The Morgan fingerprint density at radius 2 is 2.14 bits per heavy atom. The summed E-state index contributed by atoms with van der Waals surface area (Å²) in [4.78, 5) is 0. The third-order valence-electron chi connectivity index (χ3n) is 2.22. The van der Waals surface area contributed by atoms with Gasteiger partial charge in [0.1, 0.15) is 5.60 Å². The zero-order chi connectivity index (χ0) is 10.8. The summed E-state index contributed by atoms with van der Waals surface area (Å²) in [5.41, 5.74) is 0.796. The fourth-order valence-corrected chi connectivity index (χ4v) is 1.47. The van der Waals surface area contributed by atoms with Gasteiger partial charge in [0.2, 0.25) is 0 Å². The maximum absolute atomic E-state index is 10.0. The molecule has 0 saturated heterocycles. The van der Waals surface area contributed by atoms with Gasteiger partial charge in [-0.2, -0.15) is 0 Å². The summed E-state index contributed by atoms with van der Waals surface area (Å²) in [6, 6.07) is 5.53. The standard InChI is InChI=1S/C11H15ClO2/c1-8-4-5-9(6-10(8)12)11(2,13)7-14-3/h4-6,13H,7H2,1-3H3. The topological polar surface area (TPSA) is 29.5 Å². The van der Waals surface area contributed by atoms with Crippen molar-refractivity contribution in [2.24, 2.45) is 0 Å². The van der Waals surface area contributed by atoms with Gasteiger partial charge in [-0.05, 0) is 31.0 Å². The molecular formula is C11H15ClO2. The van der Waals surface area contributed by atoms with Crippen LogP contribution in [-0.4, -0.2) is 18.8 Å². The summed E-state index contributed by atoms with van der Waals surface area (Å²) in [6.45, 7) is 3.89. The molecule has 0 heterocycles. The van der Waals surface area contributed by atoms with Crippen LogP contribution in [0.4, 0.5) is 0 Å². The van der Waals surface area contributed by atoms with E-state index >= 15 is 0 Å². The Hall–Kier alpha value is -0.570. The molecule has 0 spiro atoms. The van der Waals surface area contributed by atoms with Crippen molar-refractivity contribution in [3.05, 3.63) is 34.3 Å². The van der Waals surface area contributed by atoms with E-state index in [1.54, 1.807) is 20.1 Å². The van der Waals surface area contributed by atoms with Crippen molar-refractivity contribution in [3.8, 4) is 0 Å². The van der Waals surface area contributed by atoms with Gasteiger partial charge in [-0.3, -0.25) is 0 Å². The number of hydrogen-bond donors (Lipinski definition) is 1. The Labute approximate surface area is 89.5 Å². The number of aliphatic hydroxyl groups is 1. The Bertz CT molecular complexity index is 321. The van der Waals surface area contributed by atoms with Crippen molar-refractivity contribution in [2.45, 2.75) is 19.4 Å². The highest BCUT2D eigenvalue weighted by Gasteiger charge is 2.23. The lowest BCUT2D eigenvalue weighted by Crippen LogP contribution is -2.27. The largest absolute Gasteiger partial charge is 0.383 e. The Kier molecular flexibility index (Phi) is 3.53. The molecule has 0 bridgehead atoms. The van der Waals surface area contributed by atoms with Crippen molar-refractivity contribution in [3.63, 3.8) is 0 Å². The lowest BCUT2D eigenvalue weighted by atomic mass is 9.96. The molecule has 1 unspecified atom stereocenters. The van der Waals surface area contributed by atoms with Gasteiger partial charge < -0.3 is 9.84 Å². The molecule has 2 nitrogen and oxygen atoms in total. The molecule has 0 fully saturated rings. The second kappa shape index (κ2) is 4.30. The number of benzene rings is 1. The van der Waals surface area contributed by atoms with Crippen molar-refractivity contribution in [1.82, 2.24) is 0 Å². The average molecular weight is 215 g/mol. The molecule has 0 amide bonds. The molecule has 0 aliphatic carbocycles. The van der Waals surface area contributed by atoms with Gasteiger partial charge in [0.05, 0.1) is 6.61 Å². The van der Waals surface area contributed by atoms with Crippen LogP contribution >= 0.6 is 11.6 Å². The predicted octanol–water partition coefficient (Wildman–Crippen LogP) is 2.50. The highest BCUT2D eigenvalue weighted by atomic mass is 35.5. The molecule has 0 aliphatic heterocycles. The van der Waals surface area contributed by atoms with Gasteiger partial charge in [0.15, 0.2) is 0 Å². The molecule has 0 saturated carbocycles. The molecule has 0 aliphatic rings. The number of methoxy groups -OCH3 is 1. The van der Waals surface area contributed by atoms with E-state index in [1.807, 2.05) is 19.1 Å². The Morgan fingerprint density at radius 1 is 1.50 bits per heavy atom. The van der Waals surface area contributed by atoms with Crippen LogP contribution in [-0.2, 0) is 10.3 Å². The molecule has 0 radical (unpaired) electrons. The highest BCUT2D eigenvalue weighted by Crippen LogP contribution is 2.25. The molecule has 14 heavy (non-hydrogen) atoms. The van der Waals surface area contributed by atoms with Crippen LogP contribution < -0.4 is 0 Å². The summed E-state index contributed by atoms with van der Waals surface area (Å²) in [6.07, 6.45) is 0. The number of hydrogen-bond acceptors (Lipinski definition) is 2. The third-order valence-corrected chi connectivity index (χ3v) is 2.63. The minimum atomic E-state index is -0.980. The minimum Gasteiger partial charge on any atom is -0.383 e. The predicted molar refractivity (Wildman–Crippen MR) is 57.6 cm³/mol. The third kappa shape index (κ3) is 2.47. The fraction of sp³-hybridized carbons (Fsp3) is 0.455. The van der Waals surface area contributed by atoms with E-state index in [1.165, 1.54) is 0 Å². The van der Waals surface area contributed by atoms with E-state index in [2.05, 4.69) is 0 Å². The summed E-state index contributed by atoms with van der Waals surface area (Å²) in [7, 11) is 1.56. The molecule has 1 rings (SSSR count). The van der Waals surface area contributed by atoms with Crippen LogP contribution in [0.5, 0.6) is 0 Å². The molecule has 1 N–H and O–H groups in total. The van der Waals surface area contributed by atoms with E-state index in [0.717, 1.165) is 11.1 Å². The van der Waals surface area contributed by atoms with Crippen molar-refractivity contribution < 1.29 is 9.84 Å². The monoisotopic (exact) mass is 214 g/mol. The molecule has 0 aromatic heterocycles. The van der Waals surface area contributed by atoms with E-state index in [9.17, 15) is 5.11 Å². The second-order valence-electron chi connectivity index (χ2n) is 3.67. The maximum atomic E-state index is 10.0. The van der Waals surface area contributed by atoms with Crippen molar-refractivity contribution >= 4 is 11.6 Å². The molecule has 1 aromatic carbocycles. The Balaban J connectivity index is 3.01.